The van der Waals surface area contributed by atoms with Crippen molar-refractivity contribution in [3.63, 3.8) is 0 Å². The molecule has 0 spiro atoms. The summed E-state index contributed by atoms with van der Waals surface area (Å²) >= 11 is 1.34. The van der Waals surface area contributed by atoms with E-state index in [4.69, 9.17) is 0 Å². The van der Waals surface area contributed by atoms with Crippen LogP contribution in [-0.4, -0.2) is 22.0 Å². The van der Waals surface area contributed by atoms with Crippen LogP contribution in [0.15, 0.2) is 84.9 Å². The van der Waals surface area contributed by atoms with Crippen molar-refractivity contribution in [3.8, 4) is 0 Å². The van der Waals surface area contributed by atoms with Gasteiger partial charge in [-0.25, -0.2) is 0 Å². The van der Waals surface area contributed by atoms with Gasteiger partial charge in [-0.05, 0) is 35.9 Å². The lowest BCUT2D eigenvalue weighted by molar-refractivity contribution is 0.101. The Balaban J connectivity index is 1.40. The standard InChI is InChI=1S/C23H18N4O2S/c28-21(17-10-5-2-6-11-17)24-19-13-7-12-18(15-19)22(29)25-23-27-26-20(30-23)14-16-8-3-1-4-9-16/h1-13,15H,14H2,(H,24,28)(H,25,27,29). The van der Waals surface area contributed by atoms with Crippen molar-refractivity contribution in [2.45, 2.75) is 6.42 Å². The van der Waals surface area contributed by atoms with Crippen LogP contribution in [0.4, 0.5) is 10.8 Å². The molecule has 30 heavy (non-hydrogen) atoms. The fourth-order valence-corrected chi connectivity index (χ4v) is 3.62. The van der Waals surface area contributed by atoms with Crippen molar-refractivity contribution in [1.82, 2.24) is 10.2 Å². The molecule has 3 aromatic carbocycles. The Morgan fingerprint density at radius 2 is 1.40 bits per heavy atom. The number of carbonyl (C=O) groups is 2. The molecule has 0 saturated carbocycles. The molecule has 148 valence electrons. The van der Waals surface area contributed by atoms with Crippen LogP contribution in [0.5, 0.6) is 0 Å². The fraction of sp³-hybridized carbons (Fsp3) is 0.0435. The fourth-order valence-electron chi connectivity index (χ4n) is 2.85. The quantitative estimate of drug-likeness (QED) is 0.482. The first-order valence-electron chi connectivity index (χ1n) is 9.31. The normalized spacial score (nSPS) is 10.4. The number of amides is 2. The average Bonchev–Trinajstić information content (AvgIpc) is 3.22. The van der Waals surface area contributed by atoms with Crippen molar-refractivity contribution in [1.29, 1.82) is 0 Å². The predicted octanol–water partition coefficient (Wildman–Crippen LogP) is 4.63. The van der Waals surface area contributed by atoms with Gasteiger partial charge in [0.25, 0.3) is 11.8 Å². The summed E-state index contributed by atoms with van der Waals surface area (Å²) in [4.78, 5) is 24.9. The number of nitrogens with one attached hydrogen (secondary N) is 2. The molecule has 2 N–H and O–H groups in total. The molecule has 0 aliphatic rings. The van der Waals surface area contributed by atoms with E-state index in [1.807, 2.05) is 36.4 Å². The van der Waals surface area contributed by atoms with Crippen molar-refractivity contribution in [2.75, 3.05) is 10.6 Å². The first-order chi connectivity index (χ1) is 14.7. The zero-order chi connectivity index (χ0) is 20.8. The van der Waals surface area contributed by atoms with Crippen LogP contribution in [0.2, 0.25) is 0 Å². The van der Waals surface area contributed by atoms with Crippen LogP contribution in [0.25, 0.3) is 0 Å². The summed E-state index contributed by atoms with van der Waals surface area (Å²) in [7, 11) is 0. The Bertz CT molecular complexity index is 1160. The first kappa shape index (κ1) is 19.5. The van der Waals surface area contributed by atoms with Crippen molar-refractivity contribution >= 4 is 34.0 Å². The lowest BCUT2D eigenvalue weighted by Gasteiger charge is -2.07. The molecular formula is C23H18N4O2S. The summed E-state index contributed by atoms with van der Waals surface area (Å²) in [6.45, 7) is 0. The highest BCUT2D eigenvalue weighted by molar-refractivity contribution is 7.15. The predicted molar refractivity (Wildman–Crippen MR) is 118 cm³/mol. The molecule has 0 bridgehead atoms. The first-order valence-corrected chi connectivity index (χ1v) is 10.1. The molecular weight excluding hydrogens is 396 g/mol. The number of benzene rings is 3. The van der Waals surface area contributed by atoms with Gasteiger partial charge in [0.15, 0.2) is 0 Å². The number of anilines is 2. The summed E-state index contributed by atoms with van der Waals surface area (Å²) < 4.78 is 0. The Morgan fingerprint density at radius 1 is 0.733 bits per heavy atom. The van der Waals surface area contributed by atoms with Gasteiger partial charge >= 0.3 is 0 Å². The average molecular weight is 414 g/mol. The summed E-state index contributed by atoms with van der Waals surface area (Å²) in [5.41, 5.74) is 2.64. The van der Waals surface area contributed by atoms with Gasteiger partial charge in [0.1, 0.15) is 5.01 Å². The minimum Gasteiger partial charge on any atom is -0.322 e. The summed E-state index contributed by atoms with van der Waals surface area (Å²) in [5, 5.41) is 15.0. The zero-order valence-corrected chi connectivity index (χ0v) is 16.7. The molecule has 0 saturated heterocycles. The SMILES string of the molecule is O=C(Nc1cccc(C(=O)Nc2nnc(Cc3ccccc3)s2)c1)c1ccccc1. The largest absolute Gasteiger partial charge is 0.322 e. The molecule has 0 fully saturated rings. The molecule has 4 rings (SSSR count). The summed E-state index contributed by atoms with van der Waals surface area (Å²) in [5.74, 6) is -0.545. The highest BCUT2D eigenvalue weighted by Crippen LogP contribution is 2.20. The lowest BCUT2D eigenvalue weighted by atomic mass is 10.1. The highest BCUT2D eigenvalue weighted by atomic mass is 32.1. The van der Waals surface area contributed by atoms with E-state index in [0.717, 1.165) is 10.6 Å². The van der Waals surface area contributed by atoms with Gasteiger partial charge in [0, 0.05) is 23.2 Å². The zero-order valence-electron chi connectivity index (χ0n) is 15.9. The van der Waals surface area contributed by atoms with Gasteiger partial charge in [-0.1, -0.05) is 65.9 Å². The second-order valence-electron chi connectivity index (χ2n) is 6.52. The minimum atomic E-state index is -0.312. The Labute approximate surface area is 177 Å². The third-order valence-electron chi connectivity index (χ3n) is 4.30. The van der Waals surface area contributed by atoms with Gasteiger partial charge in [-0.15, -0.1) is 10.2 Å². The topological polar surface area (TPSA) is 84.0 Å². The van der Waals surface area contributed by atoms with Gasteiger partial charge in [0.05, 0.1) is 0 Å². The second-order valence-corrected chi connectivity index (χ2v) is 7.58. The number of carbonyl (C=O) groups excluding carboxylic acids is 2. The molecule has 7 heteroatoms. The smallest absolute Gasteiger partial charge is 0.257 e. The van der Waals surface area contributed by atoms with E-state index in [-0.39, 0.29) is 11.8 Å². The maximum Gasteiger partial charge on any atom is 0.257 e. The van der Waals surface area contributed by atoms with E-state index in [1.54, 1.807) is 48.5 Å². The van der Waals surface area contributed by atoms with Crippen LogP contribution >= 0.6 is 11.3 Å². The van der Waals surface area contributed by atoms with Crippen LogP contribution < -0.4 is 10.6 Å². The van der Waals surface area contributed by atoms with E-state index >= 15 is 0 Å². The van der Waals surface area contributed by atoms with Gasteiger partial charge in [-0.2, -0.15) is 0 Å². The summed E-state index contributed by atoms with van der Waals surface area (Å²) in [6.07, 6.45) is 0.662. The highest BCUT2D eigenvalue weighted by Gasteiger charge is 2.12. The number of rotatable bonds is 6. The maximum atomic E-state index is 12.6. The van der Waals surface area contributed by atoms with Gasteiger partial charge in [0.2, 0.25) is 5.13 Å². The molecule has 1 heterocycles. The second kappa shape index (κ2) is 9.11. The van der Waals surface area contributed by atoms with E-state index in [0.29, 0.717) is 28.4 Å². The molecule has 6 nitrogen and oxygen atoms in total. The maximum absolute atomic E-state index is 12.6. The van der Waals surface area contributed by atoms with Gasteiger partial charge < -0.3 is 5.32 Å². The molecule has 0 radical (unpaired) electrons. The number of hydrogen-bond donors (Lipinski definition) is 2. The Hall–Kier alpha value is -3.84. The molecule has 2 amide bonds. The summed E-state index contributed by atoms with van der Waals surface area (Å²) in [6, 6.07) is 25.6. The van der Waals surface area contributed by atoms with E-state index < -0.39 is 0 Å². The van der Waals surface area contributed by atoms with Crippen LogP contribution in [-0.2, 0) is 6.42 Å². The molecule has 4 aromatic rings. The molecule has 0 aliphatic carbocycles. The minimum absolute atomic E-state index is 0.233. The van der Waals surface area contributed by atoms with E-state index in [2.05, 4.69) is 20.8 Å². The molecule has 1 aromatic heterocycles. The van der Waals surface area contributed by atoms with Crippen LogP contribution in [0.1, 0.15) is 31.3 Å². The monoisotopic (exact) mass is 414 g/mol. The molecule has 0 aliphatic heterocycles. The number of hydrogen-bond acceptors (Lipinski definition) is 5. The van der Waals surface area contributed by atoms with Crippen LogP contribution in [0.3, 0.4) is 0 Å². The lowest BCUT2D eigenvalue weighted by Crippen LogP contribution is -2.14. The Kier molecular flexibility index (Phi) is 5.91. The van der Waals surface area contributed by atoms with E-state index in [1.165, 1.54) is 11.3 Å². The van der Waals surface area contributed by atoms with Crippen molar-refractivity contribution in [3.05, 3.63) is 107 Å². The van der Waals surface area contributed by atoms with Crippen LogP contribution in [0, 0.1) is 0 Å². The molecule has 0 unspecified atom stereocenters. The van der Waals surface area contributed by atoms with Gasteiger partial charge in [-0.3, -0.25) is 14.9 Å². The third kappa shape index (κ3) is 4.95. The molecule has 0 atom stereocenters. The third-order valence-corrected chi connectivity index (χ3v) is 5.14. The van der Waals surface area contributed by atoms with E-state index in [9.17, 15) is 9.59 Å². The number of nitrogens with zero attached hydrogens (tertiary/aromatic N) is 2. The Morgan fingerprint density at radius 3 is 2.17 bits per heavy atom. The van der Waals surface area contributed by atoms with Crippen molar-refractivity contribution < 1.29 is 9.59 Å². The van der Waals surface area contributed by atoms with Crippen molar-refractivity contribution in [2.24, 2.45) is 0 Å². The number of aromatic nitrogens is 2.